The summed E-state index contributed by atoms with van der Waals surface area (Å²) in [4.78, 5) is 14.2. The first-order valence-corrected chi connectivity index (χ1v) is 9.98. The van der Waals surface area contributed by atoms with E-state index in [-0.39, 0.29) is 11.7 Å². The largest absolute Gasteiger partial charge is 0.416 e. The van der Waals surface area contributed by atoms with Crippen molar-refractivity contribution >= 4 is 50.1 Å². The fourth-order valence-electron chi connectivity index (χ4n) is 3.26. The Kier molecular flexibility index (Phi) is 4.68. The van der Waals surface area contributed by atoms with Gasteiger partial charge in [-0.15, -0.1) is 11.8 Å². The van der Waals surface area contributed by atoms with Gasteiger partial charge in [-0.05, 0) is 35.2 Å². The monoisotopic (exact) mass is 451 g/mol. The Hall–Kier alpha value is -1.99. The number of nitrogens with zero attached hydrogens (tertiary/aromatic N) is 1. The molecule has 1 unspecified atom stereocenters. The van der Waals surface area contributed by atoms with Crippen molar-refractivity contribution < 1.29 is 18.0 Å². The standard InChI is InChI=1S/C20H13BrF3NOS/c21-16-8-9-17(15-7-2-1-6-14(15)16)25-18(26)11-27-19(25)12-4-3-5-13(10-12)20(22,23)24/h1-10,19H,11H2. The van der Waals surface area contributed by atoms with Gasteiger partial charge in [0, 0.05) is 9.86 Å². The maximum atomic E-state index is 13.1. The summed E-state index contributed by atoms with van der Waals surface area (Å²) in [7, 11) is 0. The van der Waals surface area contributed by atoms with E-state index in [1.165, 1.54) is 17.8 Å². The Morgan fingerprint density at radius 3 is 2.48 bits per heavy atom. The van der Waals surface area contributed by atoms with Gasteiger partial charge >= 0.3 is 6.18 Å². The zero-order chi connectivity index (χ0) is 19.2. The summed E-state index contributed by atoms with van der Waals surface area (Å²) in [5, 5.41) is 1.33. The topological polar surface area (TPSA) is 20.3 Å². The molecule has 2 nitrogen and oxygen atoms in total. The number of halogens is 4. The van der Waals surface area contributed by atoms with Crippen LogP contribution in [0.2, 0.25) is 0 Å². The smallest absolute Gasteiger partial charge is 0.294 e. The molecule has 138 valence electrons. The summed E-state index contributed by atoms with van der Waals surface area (Å²) in [6.45, 7) is 0. The molecule has 3 aromatic rings. The van der Waals surface area contributed by atoms with E-state index in [2.05, 4.69) is 15.9 Å². The van der Waals surface area contributed by atoms with Crippen molar-refractivity contribution in [2.24, 2.45) is 0 Å². The minimum absolute atomic E-state index is 0.116. The summed E-state index contributed by atoms with van der Waals surface area (Å²) in [6.07, 6.45) is -4.42. The summed E-state index contributed by atoms with van der Waals surface area (Å²) in [5.74, 6) is 0.112. The predicted octanol–water partition coefficient (Wildman–Crippen LogP) is 6.40. The number of rotatable bonds is 2. The molecule has 1 aliphatic heterocycles. The molecule has 0 aliphatic carbocycles. The minimum atomic E-state index is -4.42. The van der Waals surface area contributed by atoms with Gasteiger partial charge in [0.15, 0.2) is 0 Å². The molecule has 1 amide bonds. The fraction of sp³-hybridized carbons (Fsp3) is 0.150. The van der Waals surface area contributed by atoms with E-state index in [1.54, 1.807) is 11.0 Å². The van der Waals surface area contributed by atoms with Gasteiger partial charge in [0.25, 0.3) is 0 Å². The number of carbonyl (C=O) groups is 1. The average Bonchev–Trinajstić information content (AvgIpc) is 3.03. The quantitative estimate of drug-likeness (QED) is 0.449. The molecule has 1 atom stereocenters. The zero-order valence-electron chi connectivity index (χ0n) is 13.8. The van der Waals surface area contributed by atoms with Gasteiger partial charge in [-0.3, -0.25) is 9.69 Å². The van der Waals surface area contributed by atoms with Crippen LogP contribution in [0.15, 0.2) is 65.1 Å². The Morgan fingerprint density at radius 1 is 1.00 bits per heavy atom. The number of hydrogen-bond acceptors (Lipinski definition) is 2. The van der Waals surface area contributed by atoms with Crippen LogP contribution < -0.4 is 4.90 Å². The molecule has 0 spiro atoms. The Morgan fingerprint density at radius 2 is 1.74 bits per heavy atom. The average molecular weight is 452 g/mol. The highest BCUT2D eigenvalue weighted by Crippen LogP contribution is 2.45. The van der Waals surface area contributed by atoms with Crippen molar-refractivity contribution in [3.63, 3.8) is 0 Å². The van der Waals surface area contributed by atoms with Gasteiger partial charge in [-0.25, -0.2) is 0 Å². The molecule has 1 aliphatic rings. The minimum Gasteiger partial charge on any atom is -0.294 e. The number of alkyl halides is 3. The van der Waals surface area contributed by atoms with Gasteiger partial charge in [0.05, 0.1) is 17.0 Å². The molecular formula is C20H13BrF3NOS. The normalized spacial score (nSPS) is 17.7. The maximum Gasteiger partial charge on any atom is 0.416 e. The molecule has 3 aromatic carbocycles. The summed E-state index contributed by atoms with van der Waals surface area (Å²) in [5.41, 5.74) is 0.458. The van der Waals surface area contributed by atoms with E-state index in [1.807, 2.05) is 36.4 Å². The van der Waals surface area contributed by atoms with Crippen LogP contribution in [0.25, 0.3) is 10.8 Å². The number of thioether (sulfide) groups is 1. The maximum absolute atomic E-state index is 13.1. The van der Waals surface area contributed by atoms with Gasteiger partial charge in [-0.1, -0.05) is 52.3 Å². The third-order valence-corrected chi connectivity index (χ3v) is 6.38. The summed E-state index contributed by atoms with van der Waals surface area (Å²) < 4.78 is 40.2. The van der Waals surface area contributed by atoms with Crippen LogP contribution in [0.1, 0.15) is 16.5 Å². The number of amides is 1. The molecule has 1 fully saturated rings. The van der Waals surface area contributed by atoms with Crippen molar-refractivity contribution in [2.45, 2.75) is 11.6 Å². The van der Waals surface area contributed by atoms with Crippen molar-refractivity contribution in [2.75, 3.05) is 10.7 Å². The van der Waals surface area contributed by atoms with E-state index >= 15 is 0 Å². The van der Waals surface area contributed by atoms with Gasteiger partial charge in [0.2, 0.25) is 5.91 Å². The van der Waals surface area contributed by atoms with Crippen LogP contribution in [0, 0.1) is 0 Å². The van der Waals surface area contributed by atoms with Gasteiger partial charge in [-0.2, -0.15) is 13.2 Å². The Bertz CT molecular complexity index is 1040. The first kappa shape index (κ1) is 18.4. The lowest BCUT2D eigenvalue weighted by Crippen LogP contribution is -2.28. The van der Waals surface area contributed by atoms with Crippen LogP contribution in [0.4, 0.5) is 18.9 Å². The number of anilines is 1. The van der Waals surface area contributed by atoms with Crippen LogP contribution in [0.5, 0.6) is 0 Å². The lowest BCUT2D eigenvalue weighted by molar-refractivity contribution is -0.137. The van der Waals surface area contributed by atoms with Crippen molar-refractivity contribution in [1.29, 1.82) is 0 Å². The second-order valence-corrected chi connectivity index (χ2v) is 8.09. The van der Waals surface area contributed by atoms with E-state index in [0.717, 1.165) is 27.4 Å². The zero-order valence-corrected chi connectivity index (χ0v) is 16.2. The van der Waals surface area contributed by atoms with Gasteiger partial charge < -0.3 is 0 Å². The lowest BCUT2D eigenvalue weighted by atomic mass is 10.1. The van der Waals surface area contributed by atoms with Crippen molar-refractivity contribution in [3.05, 3.63) is 76.3 Å². The van der Waals surface area contributed by atoms with E-state index in [4.69, 9.17) is 0 Å². The number of carbonyl (C=O) groups excluding carboxylic acids is 1. The Labute approximate surface area is 166 Å². The molecule has 4 rings (SSSR count). The first-order valence-electron chi connectivity index (χ1n) is 8.14. The van der Waals surface area contributed by atoms with Crippen LogP contribution in [-0.4, -0.2) is 11.7 Å². The summed E-state index contributed by atoms with van der Waals surface area (Å²) in [6, 6.07) is 16.5. The lowest BCUT2D eigenvalue weighted by Gasteiger charge is -2.26. The molecule has 0 bridgehead atoms. The van der Waals surface area contributed by atoms with E-state index < -0.39 is 17.1 Å². The molecule has 0 N–H and O–H groups in total. The molecular weight excluding hydrogens is 439 g/mol. The highest BCUT2D eigenvalue weighted by molar-refractivity contribution is 9.10. The molecule has 27 heavy (non-hydrogen) atoms. The first-order chi connectivity index (χ1) is 12.9. The predicted molar refractivity (Wildman–Crippen MR) is 106 cm³/mol. The van der Waals surface area contributed by atoms with E-state index in [9.17, 15) is 18.0 Å². The van der Waals surface area contributed by atoms with Crippen LogP contribution in [-0.2, 0) is 11.0 Å². The molecule has 1 heterocycles. The van der Waals surface area contributed by atoms with E-state index in [0.29, 0.717) is 11.3 Å². The SMILES string of the molecule is O=C1CSC(c2cccc(C(F)(F)F)c2)N1c1ccc(Br)c2ccccc12. The second-order valence-electron chi connectivity index (χ2n) is 6.16. The third-order valence-electron chi connectivity index (χ3n) is 4.47. The van der Waals surface area contributed by atoms with Crippen LogP contribution in [0.3, 0.4) is 0 Å². The third kappa shape index (κ3) is 3.34. The highest BCUT2D eigenvalue weighted by Gasteiger charge is 2.37. The van der Waals surface area contributed by atoms with Crippen molar-refractivity contribution in [3.8, 4) is 0 Å². The summed E-state index contributed by atoms with van der Waals surface area (Å²) >= 11 is 4.85. The number of hydrogen-bond donors (Lipinski definition) is 0. The van der Waals surface area contributed by atoms with Crippen molar-refractivity contribution in [1.82, 2.24) is 0 Å². The Balaban J connectivity index is 1.83. The molecule has 0 saturated carbocycles. The number of benzene rings is 3. The second kappa shape index (κ2) is 6.87. The number of fused-ring (bicyclic) bond motifs is 1. The molecule has 1 saturated heterocycles. The molecule has 0 radical (unpaired) electrons. The highest BCUT2D eigenvalue weighted by atomic mass is 79.9. The molecule has 7 heteroatoms. The molecule has 0 aromatic heterocycles. The van der Waals surface area contributed by atoms with Crippen LogP contribution >= 0.6 is 27.7 Å². The van der Waals surface area contributed by atoms with Gasteiger partial charge in [0.1, 0.15) is 5.37 Å². The fourth-order valence-corrected chi connectivity index (χ4v) is 4.89.